The van der Waals surface area contributed by atoms with E-state index >= 15 is 0 Å². The molecule has 0 aromatic rings. The average Bonchev–Trinajstić information content (AvgIpc) is 2.95. The van der Waals surface area contributed by atoms with E-state index in [4.69, 9.17) is 10.8 Å². The quantitative estimate of drug-likeness (QED) is 0.767. The number of rotatable bonds is 3. The summed E-state index contributed by atoms with van der Waals surface area (Å²) in [5.74, 6) is 1.85. The fourth-order valence-corrected chi connectivity index (χ4v) is 4.93. The van der Waals surface area contributed by atoms with Crippen molar-refractivity contribution in [2.75, 3.05) is 6.54 Å². The van der Waals surface area contributed by atoms with Gasteiger partial charge in [-0.15, -0.1) is 0 Å². The minimum atomic E-state index is -0.621. The van der Waals surface area contributed by atoms with Crippen molar-refractivity contribution in [3.8, 4) is 0 Å². The Labute approximate surface area is 96.4 Å². The van der Waals surface area contributed by atoms with Gasteiger partial charge < -0.3 is 10.8 Å². The molecule has 3 nitrogen and oxygen atoms in total. The van der Waals surface area contributed by atoms with Gasteiger partial charge in [0.05, 0.1) is 0 Å². The fraction of sp³-hybridized carbons (Fsp3) is 0.923. The summed E-state index contributed by atoms with van der Waals surface area (Å²) in [6.07, 6.45) is 6.76. The lowest BCUT2D eigenvalue weighted by atomic mass is 9.67. The molecule has 3 saturated carbocycles. The Bertz CT molecular complexity index is 311. The van der Waals surface area contributed by atoms with Crippen LogP contribution in [0.5, 0.6) is 0 Å². The SMILES string of the molecule is NC[C@H]1CC[C@H]2C[C@@H](CC(=O)O)[C@@H]1C21CC1. The lowest BCUT2D eigenvalue weighted by molar-refractivity contribution is -0.138. The molecule has 16 heavy (non-hydrogen) atoms. The Morgan fingerprint density at radius 1 is 1.31 bits per heavy atom. The van der Waals surface area contributed by atoms with Crippen molar-refractivity contribution in [3.63, 3.8) is 0 Å². The van der Waals surface area contributed by atoms with Gasteiger partial charge in [0, 0.05) is 6.42 Å². The number of carbonyl (C=O) groups is 1. The zero-order valence-corrected chi connectivity index (χ0v) is 9.69. The van der Waals surface area contributed by atoms with Crippen molar-refractivity contribution >= 4 is 5.97 Å². The van der Waals surface area contributed by atoms with Crippen LogP contribution in [0.15, 0.2) is 0 Å². The van der Waals surface area contributed by atoms with E-state index in [-0.39, 0.29) is 0 Å². The third-order valence-corrected chi connectivity index (χ3v) is 5.53. The van der Waals surface area contributed by atoms with E-state index in [0.717, 1.165) is 18.9 Å². The number of nitrogens with two attached hydrogens (primary N) is 1. The molecule has 0 heterocycles. The topological polar surface area (TPSA) is 63.3 Å². The van der Waals surface area contributed by atoms with Gasteiger partial charge in [-0.1, -0.05) is 0 Å². The molecular weight excluding hydrogens is 202 g/mol. The van der Waals surface area contributed by atoms with Gasteiger partial charge in [0.2, 0.25) is 0 Å². The van der Waals surface area contributed by atoms with Gasteiger partial charge in [-0.2, -0.15) is 0 Å². The predicted molar refractivity (Wildman–Crippen MR) is 60.8 cm³/mol. The zero-order chi connectivity index (χ0) is 11.3. The van der Waals surface area contributed by atoms with Gasteiger partial charge >= 0.3 is 5.97 Å². The van der Waals surface area contributed by atoms with Gasteiger partial charge in [-0.3, -0.25) is 4.79 Å². The third-order valence-electron chi connectivity index (χ3n) is 5.53. The average molecular weight is 223 g/mol. The molecule has 3 rings (SSSR count). The van der Waals surface area contributed by atoms with E-state index in [1.54, 1.807) is 0 Å². The molecule has 3 N–H and O–H groups in total. The molecule has 0 aliphatic heterocycles. The van der Waals surface area contributed by atoms with Crippen LogP contribution >= 0.6 is 0 Å². The minimum Gasteiger partial charge on any atom is -0.481 e. The maximum absolute atomic E-state index is 10.9. The molecule has 90 valence electrons. The molecule has 2 bridgehead atoms. The molecule has 0 radical (unpaired) electrons. The first-order chi connectivity index (χ1) is 7.67. The van der Waals surface area contributed by atoms with Crippen molar-refractivity contribution in [2.45, 2.75) is 38.5 Å². The van der Waals surface area contributed by atoms with Crippen LogP contribution in [0.3, 0.4) is 0 Å². The summed E-state index contributed by atoms with van der Waals surface area (Å²) >= 11 is 0. The summed E-state index contributed by atoms with van der Waals surface area (Å²) in [6, 6.07) is 0. The highest BCUT2D eigenvalue weighted by atomic mass is 16.4. The summed E-state index contributed by atoms with van der Waals surface area (Å²) in [7, 11) is 0. The van der Waals surface area contributed by atoms with Gasteiger partial charge in [-0.05, 0) is 67.7 Å². The van der Waals surface area contributed by atoms with E-state index < -0.39 is 5.97 Å². The summed E-state index contributed by atoms with van der Waals surface area (Å²) in [6.45, 7) is 0.759. The van der Waals surface area contributed by atoms with Crippen LogP contribution in [0.25, 0.3) is 0 Å². The molecule has 0 unspecified atom stereocenters. The Balaban J connectivity index is 1.84. The molecule has 3 aliphatic carbocycles. The summed E-state index contributed by atoms with van der Waals surface area (Å²) in [5.41, 5.74) is 6.43. The number of hydrogen-bond donors (Lipinski definition) is 2. The van der Waals surface area contributed by atoms with Crippen LogP contribution in [0.1, 0.15) is 38.5 Å². The van der Waals surface area contributed by atoms with Crippen molar-refractivity contribution in [1.29, 1.82) is 0 Å². The van der Waals surface area contributed by atoms with Crippen LogP contribution in [0.2, 0.25) is 0 Å². The van der Waals surface area contributed by atoms with E-state index in [2.05, 4.69) is 0 Å². The molecule has 4 atom stereocenters. The normalized spacial score (nSPS) is 43.6. The van der Waals surface area contributed by atoms with E-state index in [9.17, 15) is 4.79 Å². The monoisotopic (exact) mass is 223 g/mol. The van der Waals surface area contributed by atoms with Crippen LogP contribution in [-0.4, -0.2) is 17.6 Å². The second kappa shape index (κ2) is 3.46. The first kappa shape index (κ1) is 10.6. The number of hydrogen-bond acceptors (Lipinski definition) is 2. The number of carboxylic acids is 1. The van der Waals surface area contributed by atoms with Crippen LogP contribution < -0.4 is 5.73 Å². The number of carboxylic acid groups (broad SMARTS) is 1. The summed E-state index contributed by atoms with van der Waals surface area (Å²) in [5, 5.41) is 9.01. The largest absolute Gasteiger partial charge is 0.481 e. The molecule has 0 saturated heterocycles. The first-order valence-corrected chi connectivity index (χ1v) is 6.59. The van der Waals surface area contributed by atoms with Crippen LogP contribution in [0, 0.1) is 29.1 Å². The molecular formula is C13H21NO2. The fourth-order valence-electron chi connectivity index (χ4n) is 4.93. The second-order valence-corrected chi connectivity index (χ2v) is 6.12. The Morgan fingerprint density at radius 2 is 2.06 bits per heavy atom. The lowest BCUT2D eigenvalue weighted by Crippen LogP contribution is -2.36. The van der Waals surface area contributed by atoms with Gasteiger partial charge in [0.15, 0.2) is 0 Å². The van der Waals surface area contributed by atoms with Crippen molar-refractivity contribution in [1.82, 2.24) is 0 Å². The highest BCUT2D eigenvalue weighted by Crippen LogP contribution is 2.72. The van der Waals surface area contributed by atoms with Crippen molar-refractivity contribution in [3.05, 3.63) is 0 Å². The predicted octanol–water partition coefficient (Wildman–Crippen LogP) is 1.86. The molecule has 3 aliphatic rings. The Kier molecular flexibility index (Phi) is 2.29. The Hall–Kier alpha value is -0.570. The molecule has 0 amide bonds. The lowest BCUT2D eigenvalue weighted by Gasteiger charge is -2.38. The summed E-state index contributed by atoms with van der Waals surface area (Å²) < 4.78 is 0. The molecule has 3 fully saturated rings. The maximum atomic E-state index is 10.9. The van der Waals surface area contributed by atoms with Crippen LogP contribution in [-0.2, 0) is 4.79 Å². The summed E-state index contributed by atoms with van der Waals surface area (Å²) in [4.78, 5) is 10.9. The first-order valence-electron chi connectivity index (χ1n) is 6.59. The smallest absolute Gasteiger partial charge is 0.303 e. The molecule has 0 aromatic carbocycles. The van der Waals surface area contributed by atoms with Gasteiger partial charge in [0.25, 0.3) is 0 Å². The van der Waals surface area contributed by atoms with Gasteiger partial charge in [0.1, 0.15) is 0 Å². The van der Waals surface area contributed by atoms with Crippen molar-refractivity contribution in [2.24, 2.45) is 34.8 Å². The van der Waals surface area contributed by atoms with Crippen LogP contribution in [0.4, 0.5) is 0 Å². The second-order valence-electron chi connectivity index (χ2n) is 6.12. The molecule has 0 aromatic heterocycles. The highest BCUT2D eigenvalue weighted by molar-refractivity contribution is 5.67. The molecule has 3 heteroatoms. The van der Waals surface area contributed by atoms with E-state index in [0.29, 0.717) is 29.6 Å². The van der Waals surface area contributed by atoms with Crippen molar-refractivity contribution < 1.29 is 9.90 Å². The highest BCUT2D eigenvalue weighted by Gasteiger charge is 2.64. The minimum absolute atomic E-state index is 0.374. The Morgan fingerprint density at radius 3 is 2.62 bits per heavy atom. The molecule has 1 spiro atoms. The standard InChI is InChI=1S/C13H21NO2/c14-7-8-1-2-10-5-9(6-11(15)16)12(8)13(10)3-4-13/h8-10,12H,1-7,14H2,(H,15,16)/t8-,9+,10+,12-/m1/s1. The number of aliphatic carboxylic acids is 1. The van der Waals surface area contributed by atoms with E-state index in [1.165, 1.54) is 25.7 Å². The maximum Gasteiger partial charge on any atom is 0.303 e. The van der Waals surface area contributed by atoms with E-state index in [1.807, 2.05) is 0 Å². The third kappa shape index (κ3) is 1.33. The van der Waals surface area contributed by atoms with Gasteiger partial charge in [-0.25, -0.2) is 0 Å². The zero-order valence-electron chi connectivity index (χ0n) is 9.69.